The van der Waals surface area contributed by atoms with Crippen molar-refractivity contribution in [2.75, 3.05) is 41.9 Å². The molecule has 3 aromatic rings. The number of hydrogen-bond donors (Lipinski definition) is 2. The highest BCUT2D eigenvalue weighted by atomic mass is 19.1. The van der Waals surface area contributed by atoms with E-state index in [1.54, 1.807) is 48.6 Å². The van der Waals surface area contributed by atoms with E-state index < -0.39 is 17.2 Å². The Kier molecular flexibility index (Phi) is 6.36. The van der Waals surface area contributed by atoms with E-state index in [1.165, 1.54) is 6.07 Å². The van der Waals surface area contributed by atoms with Crippen LogP contribution in [0.4, 0.5) is 38.8 Å². The number of hydrogen-bond acceptors (Lipinski definition) is 8. The Balaban J connectivity index is 1.56. The summed E-state index contributed by atoms with van der Waals surface area (Å²) in [6.45, 7) is 0.336. The number of nitrogens with zero attached hydrogens (tertiary/aromatic N) is 5. The second-order valence-corrected chi connectivity index (χ2v) is 8.07. The zero-order chi connectivity index (χ0) is 23.4. The minimum atomic E-state index is -1.60. The molecule has 3 heterocycles. The Morgan fingerprint density at radius 1 is 1.27 bits per heavy atom. The Morgan fingerprint density at radius 3 is 2.73 bits per heavy atom. The van der Waals surface area contributed by atoms with Crippen LogP contribution in [0.1, 0.15) is 12.8 Å². The molecule has 0 bridgehead atoms. The summed E-state index contributed by atoms with van der Waals surface area (Å²) in [7, 11) is 1.81. The van der Waals surface area contributed by atoms with E-state index in [1.807, 2.05) is 23.1 Å². The van der Waals surface area contributed by atoms with Crippen molar-refractivity contribution in [3.8, 4) is 0 Å². The van der Waals surface area contributed by atoms with Crippen LogP contribution in [0.5, 0.6) is 0 Å². The van der Waals surface area contributed by atoms with Gasteiger partial charge in [0.2, 0.25) is 5.82 Å². The van der Waals surface area contributed by atoms with Crippen LogP contribution in [0, 0.1) is 10.1 Å². The van der Waals surface area contributed by atoms with E-state index in [0.717, 1.165) is 11.4 Å². The molecule has 4 rings (SSSR count). The molecule has 1 atom stereocenters. The van der Waals surface area contributed by atoms with Gasteiger partial charge in [0.1, 0.15) is 5.82 Å². The van der Waals surface area contributed by atoms with Gasteiger partial charge >= 0.3 is 5.69 Å². The van der Waals surface area contributed by atoms with Gasteiger partial charge in [0, 0.05) is 37.2 Å². The highest BCUT2D eigenvalue weighted by Crippen LogP contribution is 2.32. The summed E-state index contributed by atoms with van der Waals surface area (Å²) < 4.78 is 14.6. The van der Waals surface area contributed by atoms with Gasteiger partial charge in [-0.05, 0) is 55.3 Å². The van der Waals surface area contributed by atoms with Crippen LogP contribution < -0.4 is 15.1 Å². The van der Waals surface area contributed by atoms with Gasteiger partial charge in [-0.3, -0.25) is 15.1 Å². The largest absolute Gasteiger partial charge is 0.393 e. The normalized spacial score (nSPS) is 18.1. The molecule has 2 aromatic heterocycles. The number of nitrogens with one attached hydrogen (secondary N) is 1. The summed E-state index contributed by atoms with van der Waals surface area (Å²) in [5, 5.41) is 23.9. The SMILES string of the molecule is CN(c1cccnc1)c1ccc([N+](=O)[O-])c(Nc2ccc(N3CCCC(F)(CO)C3)cc2)n1. The first-order valence-corrected chi connectivity index (χ1v) is 10.6. The second-order valence-electron chi connectivity index (χ2n) is 8.07. The molecule has 0 aliphatic carbocycles. The molecule has 0 radical (unpaired) electrons. The molecule has 9 nitrogen and oxygen atoms in total. The molecule has 1 saturated heterocycles. The van der Waals surface area contributed by atoms with Gasteiger partial charge in [0.25, 0.3) is 0 Å². The summed E-state index contributed by atoms with van der Waals surface area (Å²) in [6.07, 6.45) is 4.35. The number of anilines is 5. The minimum Gasteiger partial charge on any atom is -0.393 e. The van der Waals surface area contributed by atoms with Crippen LogP contribution in [0.25, 0.3) is 0 Å². The van der Waals surface area contributed by atoms with Crippen molar-refractivity contribution in [2.45, 2.75) is 18.5 Å². The Hall–Kier alpha value is -3.79. The van der Waals surface area contributed by atoms with E-state index in [-0.39, 0.29) is 18.1 Å². The number of halogens is 1. The van der Waals surface area contributed by atoms with E-state index in [4.69, 9.17) is 0 Å². The van der Waals surface area contributed by atoms with Gasteiger partial charge in [-0.1, -0.05) is 0 Å². The van der Waals surface area contributed by atoms with Gasteiger partial charge in [-0.15, -0.1) is 0 Å². The molecular weight excluding hydrogens is 427 g/mol. The van der Waals surface area contributed by atoms with Crippen molar-refractivity contribution < 1.29 is 14.4 Å². The maximum Gasteiger partial charge on any atom is 0.311 e. The van der Waals surface area contributed by atoms with Crippen molar-refractivity contribution in [2.24, 2.45) is 0 Å². The van der Waals surface area contributed by atoms with Crippen molar-refractivity contribution in [3.05, 3.63) is 71.0 Å². The first-order chi connectivity index (χ1) is 15.9. The van der Waals surface area contributed by atoms with Crippen molar-refractivity contribution in [1.29, 1.82) is 0 Å². The molecule has 1 unspecified atom stereocenters. The van der Waals surface area contributed by atoms with Crippen LogP contribution in [0.15, 0.2) is 60.9 Å². The summed E-state index contributed by atoms with van der Waals surface area (Å²) in [4.78, 5) is 23.3. The molecule has 172 valence electrons. The topological polar surface area (TPSA) is 108 Å². The average Bonchev–Trinajstić information content (AvgIpc) is 2.84. The number of aromatic nitrogens is 2. The smallest absolute Gasteiger partial charge is 0.311 e. The van der Waals surface area contributed by atoms with E-state index in [2.05, 4.69) is 15.3 Å². The monoisotopic (exact) mass is 452 g/mol. The summed E-state index contributed by atoms with van der Waals surface area (Å²) >= 11 is 0. The van der Waals surface area contributed by atoms with Crippen molar-refractivity contribution in [3.63, 3.8) is 0 Å². The first kappa shape index (κ1) is 22.4. The number of benzene rings is 1. The Labute approximate surface area is 190 Å². The zero-order valence-electron chi connectivity index (χ0n) is 18.2. The van der Waals surface area contributed by atoms with Gasteiger partial charge in [0.05, 0.1) is 30.0 Å². The number of aliphatic hydroxyl groups is 1. The van der Waals surface area contributed by atoms with Gasteiger partial charge in [-0.25, -0.2) is 9.37 Å². The summed E-state index contributed by atoms with van der Waals surface area (Å²) in [5.41, 5.74) is 0.482. The molecule has 10 heteroatoms. The third-order valence-electron chi connectivity index (χ3n) is 5.74. The molecule has 1 aliphatic rings. The van der Waals surface area contributed by atoms with E-state index in [9.17, 15) is 19.6 Å². The predicted molar refractivity (Wildman–Crippen MR) is 125 cm³/mol. The quantitative estimate of drug-likeness (QED) is 0.406. The molecule has 1 aromatic carbocycles. The number of aliphatic hydroxyl groups excluding tert-OH is 1. The predicted octanol–water partition coefficient (Wildman–Crippen LogP) is 4.20. The molecule has 0 saturated carbocycles. The molecule has 33 heavy (non-hydrogen) atoms. The molecule has 0 spiro atoms. The van der Waals surface area contributed by atoms with Crippen LogP contribution in [0.2, 0.25) is 0 Å². The third-order valence-corrected chi connectivity index (χ3v) is 5.74. The lowest BCUT2D eigenvalue weighted by molar-refractivity contribution is -0.384. The zero-order valence-corrected chi connectivity index (χ0v) is 18.2. The average molecular weight is 452 g/mol. The minimum absolute atomic E-state index is 0.113. The number of alkyl halides is 1. The van der Waals surface area contributed by atoms with Crippen LogP contribution in [0.3, 0.4) is 0 Å². The van der Waals surface area contributed by atoms with E-state index >= 15 is 0 Å². The van der Waals surface area contributed by atoms with Crippen LogP contribution in [-0.4, -0.2) is 52.4 Å². The number of nitro groups is 1. The fourth-order valence-electron chi connectivity index (χ4n) is 3.88. The Morgan fingerprint density at radius 2 is 2.06 bits per heavy atom. The van der Waals surface area contributed by atoms with E-state index in [0.29, 0.717) is 30.9 Å². The van der Waals surface area contributed by atoms with Gasteiger partial charge < -0.3 is 20.2 Å². The highest BCUT2D eigenvalue weighted by Gasteiger charge is 2.35. The first-order valence-electron chi connectivity index (χ1n) is 10.6. The number of rotatable bonds is 7. The number of pyridine rings is 2. The summed E-state index contributed by atoms with van der Waals surface area (Å²) in [5.74, 6) is 0.631. The van der Waals surface area contributed by atoms with Crippen molar-refractivity contribution in [1.82, 2.24) is 9.97 Å². The van der Waals surface area contributed by atoms with Gasteiger partial charge in [0.15, 0.2) is 5.67 Å². The fourth-order valence-corrected chi connectivity index (χ4v) is 3.88. The fraction of sp³-hybridized carbons (Fsp3) is 0.304. The lowest BCUT2D eigenvalue weighted by Crippen LogP contribution is -2.47. The lowest BCUT2D eigenvalue weighted by Gasteiger charge is -2.37. The number of piperidine rings is 1. The standard InChI is InChI=1S/C23H25FN6O3/c1-28(19-4-2-12-25-14-19)21-10-9-20(30(32)33)22(27-21)26-17-5-7-18(8-6-17)29-13-3-11-23(24,15-29)16-31/h2,4-10,12,14,31H,3,11,13,15-16H2,1H3,(H,26,27). The maximum absolute atomic E-state index is 14.6. The van der Waals surface area contributed by atoms with Crippen molar-refractivity contribution >= 4 is 34.4 Å². The molecule has 1 fully saturated rings. The molecule has 1 aliphatic heterocycles. The van der Waals surface area contributed by atoms with Crippen LogP contribution in [-0.2, 0) is 0 Å². The second kappa shape index (κ2) is 9.37. The molecular formula is C23H25FN6O3. The Bertz CT molecular complexity index is 1110. The lowest BCUT2D eigenvalue weighted by atomic mass is 9.95. The van der Waals surface area contributed by atoms with Gasteiger partial charge in [-0.2, -0.15) is 0 Å². The summed E-state index contributed by atoms with van der Waals surface area (Å²) in [6, 6.07) is 13.8. The maximum atomic E-state index is 14.6. The molecule has 0 amide bonds. The highest BCUT2D eigenvalue weighted by molar-refractivity contribution is 5.71. The molecule has 2 N–H and O–H groups in total. The van der Waals surface area contributed by atoms with Crippen LogP contribution >= 0.6 is 0 Å². The third kappa shape index (κ3) is 5.01.